The van der Waals surface area contributed by atoms with Gasteiger partial charge in [0.15, 0.2) is 0 Å². The van der Waals surface area contributed by atoms with Gasteiger partial charge in [-0.3, -0.25) is 9.59 Å². The van der Waals surface area contributed by atoms with Gasteiger partial charge in [-0.05, 0) is 33.2 Å². The number of aromatic carboxylic acids is 1. The third kappa shape index (κ3) is 3.82. The van der Waals surface area contributed by atoms with Gasteiger partial charge >= 0.3 is 5.97 Å². The number of aliphatic hydroxyl groups is 1. The molecule has 0 aliphatic heterocycles. The van der Waals surface area contributed by atoms with Gasteiger partial charge in [-0.25, -0.2) is 9.78 Å². The van der Waals surface area contributed by atoms with Gasteiger partial charge < -0.3 is 30.5 Å². The molecule has 0 radical (unpaired) electrons. The Kier molecular flexibility index (Phi) is 5.72. The molecule has 30 heavy (non-hydrogen) atoms. The number of phenolic OH excluding ortho intramolecular Hbond substituents is 1. The number of carboxylic acids is 1. The van der Waals surface area contributed by atoms with Crippen molar-refractivity contribution in [3.05, 3.63) is 48.9 Å². The first kappa shape index (κ1) is 21.2. The molecule has 3 rings (SSSR count). The van der Waals surface area contributed by atoms with Crippen molar-refractivity contribution in [2.75, 3.05) is 27.2 Å². The summed E-state index contributed by atoms with van der Waals surface area (Å²) in [5.41, 5.74) is -1.48. The van der Waals surface area contributed by atoms with E-state index < -0.39 is 22.9 Å². The Morgan fingerprint density at radius 2 is 1.97 bits per heavy atom. The molecule has 0 saturated carbocycles. The van der Waals surface area contributed by atoms with E-state index >= 15 is 0 Å². The number of fused-ring (bicyclic) bond motifs is 2. The van der Waals surface area contributed by atoms with Crippen LogP contribution in [0.15, 0.2) is 21.7 Å². The Hall–Kier alpha value is -3.50. The first-order valence-electron chi connectivity index (χ1n) is 9.13. The van der Waals surface area contributed by atoms with E-state index in [4.69, 9.17) is 0 Å². The second-order valence-corrected chi connectivity index (χ2v) is 7.29. The van der Waals surface area contributed by atoms with Crippen LogP contribution in [0.5, 0.6) is 5.75 Å². The standard InChI is InChI=1S/C20H22N4O6/c1-9-18(27)12(7-21-6-10(25)8-24(2)3)15-17(19(9)28)23-14-11(20(29)30)4-5-13(26)16(14)22-15/h4-5,7,10,21,23,25,27H,6,8H2,1-3H3,(H,29,30). The summed E-state index contributed by atoms with van der Waals surface area (Å²) in [5, 5.41) is 32.9. The van der Waals surface area contributed by atoms with Crippen LogP contribution < -0.4 is 21.4 Å². The molecule has 0 bridgehead atoms. The Morgan fingerprint density at radius 3 is 2.60 bits per heavy atom. The maximum Gasteiger partial charge on any atom is 0.337 e. The lowest BCUT2D eigenvalue weighted by Gasteiger charge is -2.15. The van der Waals surface area contributed by atoms with Crippen molar-refractivity contribution in [2.24, 2.45) is 0 Å². The number of aromatic hydroxyl groups is 1. The topological polar surface area (TPSA) is 156 Å². The average molecular weight is 414 g/mol. The van der Waals surface area contributed by atoms with E-state index in [-0.39, 0.29) is 50.7 Å². The number of rotatable bonds is 6. The number of aromatic nitrogens is 2. The lowest BCUT2D eigenvalue weighted by Crippen LogP contribution is -2.34. The first-order chi connectivity index (χ1) is 14.1. The van der Waals surface area contributed by atoms with Gasteiger partial charge in [-0.2, -0.15) is 0 Å². The predicted molar refractivity (Wildman–Crippen MR) is 112 cm³/mol. The van der Waals surface area contributed by atoms with Crippen LogP contribution in [0.1, 0.15) is 15.9 Å². The molecule has 3 aromatic rings. The number of hydrogen-bond acceptors (Lipinski definition) is 8. The van der Waals surface area contributed by atoms with Crippen LogP contribution in [0.2, 0.25) is 0 Å². The van der Waals surface area contributed by atoms with Crippen LogP contribution in [0.25, 0.3) is 28.3 Å². The van der Waals surface area contributed by atoms with Crippen LogP contribution >= 0.6 is 0 Å². The Bertz CT molecular complexity index is 1320. The molecule has 1 unspecified atom stereocenters. The van der Waals surface area contributed by atoms with Gasteiger partial charge in [0.05, 0.1) is 22.4 Å². The molecule has 10 heteroatoms. The van der Waals surface area contributed by atoms with E-state index in [1.165, 1.54) is 13.1 Å². The minimum atomic E-state index is -1.27. The zero-order valence-corrected chi connectivity index (χ0v) is 16.7. The SMILES string of the molecule is Cc1c(O)c(=CNCC(O)CN(C)C)c2nc3c(=O)ccc(C(=O)O)c3[nH]c2c1=O. The fourth-order valence-corrected chi connectivity index (χ4v) is 3.23. The third-order valence-electron chi connectivity index (χ3n) is 4.69. The molecular formula is C20H22N4O6. The summed E-state index contributed by atoms with van der Waals surface area (Å²) in [6.45, 7) is 2.01. The maximum absolute atomic E-state index is 12.7. The summed E-state index contributed by atoms with van der Waals surface area (Å²) >= 11 is 0. The minimum absolute atomic E-state index is 0.0184. The van der Waals surface area contributed by atoms with Crippen LogP contribution in [-0.2, 0) is 0 Å². The molecule has 0 aliphatic carbocycles. The zero-order valence-electron chi connectivity index (χ0n) is 16.7. The van der Waals surface area contributed by atoms with Crippen molar-refractivity contribution in [2.45, 2.75) is 13.0 Å². The number of hydrogen-bond donors (Lipinski definition) is 5. The van der Waals surface area contributed by atoms with Crippen molar-refractivity contribution in [1.29, 1.82) is 0 Å². The van der Waals surface area contributed by atoms with E-state index in [0.29, 0.717) is 6.54 Å². The second-order valence-electron chi connectivity index (χ2n) is 7.29. The highest BCUT2D eigenvalue weighted by Gasteiger charge is 2.18. The lowest BCUT2D eigenvalue weighted by atomic mass is 10.1. The van der Waals surface area contributed by atoms with Gasteiger partial charge in [-0.1, -0.05) is 0 Å². The summed E-state index contributed by atoms with van der Waals surface area (Å²) in [4.78, 5) is 45.2. The molecule has 2 aromatic carbocycles. The largest absolute Gasteiger partial charge is 0.507 e. The van der Waals surface area contributed by atoms with Crippen molar-refractivity contribution < 1.29 is 20.1 Å². The number of aromatic amines is 1. The number of H-pyrrole nitrogens is 1. The molecule has 0 fully saturated rings. The number of nitrogens with zero attached hydrogens (tertiary/aromatic N) is 2. The Balaban J connectivity index is 2.28. The smallest absolute Gasteiger partial charge is 0.337 e. The molecule has 0 spiro atoms. The fraction of sp³-hybridized carbons (Fsp3) is 0.300. The first-order valence-corrected chi connectivity index (χ1v) is 9.13. The van der Waals surface area contributed by atoms with Crippen molar-refractivity contribution in [1.82, 2.24) is 20.2 Å². The highest BCUT2D eigenvalue weighted by atomic mass is 16.4. The maximum atomic E-state index is 12.7. The molecule has 1 aromatic heterocycles. The van der Waals surface area contributed by atoms with Crippen LogP contribution in [-0.4, -0.2) is 69.4 Å². The number of nitrogens with one attached hydrogen (secondary N) is 2. The fourth-order valence-electron chi connectivity index (χ4n) is 3.23. The van der Waals surface area contributed by atoms with Crippen molar-refractivity contribution in [3.8, 4) is 5.75 Å². The predicted octanol–water partition coefficient (Wildman–Crippen LogP) is -0.882. The number of aliphatic hydroxyl groups excluding tert-OH is 1. The molecule has 0 saturated heterocycles. The monoisotopic (exact) mass is 414 g/mol. The van der Waals surface area contributed by atoms with Crippen LogP contribution in [0.3, 0.4) is 0 Å². The molecule has 1 atom stereocenters. The van der Waals surface area contributed by atoms with E-state index in [1.54, 1.807) is 0 Å². The van der Waals surface area contributed by atoms with Crippen LogP contribution in [0.4, 0.5) is 0 Å². The molecule has 5 N–H and O–H groups in total. The van der Waals surface area contributed by atoms with Crippen LogP contribution in [0, 0.1) is 6.92 Å². The molecule has 158 valence electrons. The minimum Gasteiger partial charge on any atom is -0.507 e. The molecule has 0 aliphatic rings. The van der Waals surface area contributed by atoms with E-state index in [2.05, 4.69) is 15.3 Å². The quantitative estimate of drug-likeness (QED) is 0.323. The van der Waals surface area contributed by atoms with Gasteiger partial charge in [0.2, 0.25) is 10.9 Å². The number of carboxylic acid groups (broad SMARTS) is 1. The van der Waals surface area contributed by atoms with Gasteiger partial charge in [0.1, 0.15) is 22.3 Å². The zero-order chi connectivity index (χ0) is 22.2. The number of carbonyl (C=O) groups is 1. The van der Waals surface area contributed by atoms with E-state index in [1.807, 2.05) is 19.0 Å². The lowest BCUT2D eigenvalue weighted by molar-refractivity contribution is 0.0698. The summed E-state index contributed by atoms with van der Waals surface area (Å²) in [5.74, 6) is -1.59. The highest BCUT2D eigenvalue weighted by Crippen LogP contribution is 2.17. The Morgan fingerprint density at radius 1 is 1.27 bits per heavy atom. The summed E-state index contributed by atoms with van der Waals surface area (Å²) in [7, 11) is 3.64. The Labute approximate surface area is 170 Å². The highest BCUT2D eigenvalue weighted by molar-refractivity contribution is 6.02. The third-order valence-corrected chi connectivity index (χ3v) is 4.69. The molecular weight excluding hydrogens is 392 g/mol. The average Bonchev–Trinajstić information content (AvgIpc) is 2.67. The number of benzene rings is 2. The number of likely N-dealkylation sites (N-methyl/N-ethyl adjacent to an activating group) is 1. The summed E-state index contributed by atoms with van der Waals surface area (Å²) in [6, 6.07) is 2.24. The second kappa shape index (κ2) is 8.09. The molecule has 1 heterocycles. The normalized spacial score (nSPS) is 13.3. The summed E-state index contributed by atoms with van der Waals surface area (Å²) in [6.07, 6.45) is 0.720. The molecule has 10 nitrogen and oxygen atoms in total. The van der Waals surface area contributed by atoms with E-state index in [0.717, 1.165) is 12.1 Å². The summed E-state index contributed by atoms with van der Waals surface area (Å²) < 4.78 is 0. The number of phenols is 1. The van der Waals surface area contributed by atoms with Crippen molar-refractivity contribution >= 4 is 34.2 Å². The van der Waals surface area contributed by atoms with Gasteiger partial charge in [-0.15, -0.1) is 0 Å². The van der Waals surface area contributed by atoms with Crippen molar-refractivity contribution in [3.63, 3.8) is 0 Å². The van der Waals surface area contributed by atoms with E-state index in [9.17, 15) is 29.7 Å². The molecule has 0 amide bonds. The van der Waals surface area contributed by atoms with Gasteiger partial charge in [0, 0.05) is 24.9 Å². The van der Waals surface area contributed by atoms with Gasteiger partial charge in [0.25, 0.3) is 0 Å².